The largest absolute Gasteiger partial charge is 0.396 e. The minimum atomic E-state index is -0.318. The van der Waals surface area contributed by atoms with E-state index in [1.165, 1.54) is 4.90 Å². The maximum atomic E-state index is 12.0. The lowest BCUT2D eigenvalue weighted by atomic mass is 9.85. The molecule has 2 saturated heterocycles. The lowest BCUT2D eigenvalue weighted by molar-refractivity contribution is -0.142. The summed E-state index contributed by atoms with van der Waals surface area (Å²) in [6, 6.07) is 0. The Balaban J connectivity index is 1.83. The monoisotopic (exact) mass is 223 g/mol. The molecule has 3 heterocycles. The van der Waals surface area contributed by atoms with Gasteiger partial charge in [0.05, 0.1) is 24.0 Å². The molecular formula is C11H13NO4. The topological polar surface area (TPSA) is 66.8 Å². The third kappa shape index (κ3) is 1.13. The van der Waals surface area contributed by atoms with E-state index in [4.69, 9.17) is 9.84 Å². The summed E-state index contributed by atoms with van der Waals surface area (Å²) in [5.74, 6) is -0.914. The van der Waals surface area contributed by atoms with Gasteiger partial charge in [-0.1, -0.05) is 12.2 Å². The van der Waals surface area contributed by atoms with Gasteiger partial charge >= 0.3 is 0 Å². The molecule has 0 aromatic carbocycles. The molecule has 3 aliphatic rings. The molecule has 0 unspecified atom stereocenters. The first-order chi connectivity index (χ1) is 7.74. The number of rotatable bonds is 3. The number of likely N-dealkylation sites (tertiary alicyclic amines) is 1. The number of ether oxygens (including phenoxy) is 1. The van der Waals surface area contributed by atoms with Crippen LogP contribution in [0.25, 0.3) is 0 Å². The van der Waals surface area contributed by atoms with E-state index >= 15 is 0 Å². The second kappa shape index (κ2) is 3.40. The van der Waals surface area contributed by atoms with Crippen molar-refractivity contribution in [3.05, 3.63) is 12.2 Å². The molecule has 0 aliphatic carbocycles. The van der Waals surface area contributed by atoms with E-state index in [9.17, 15) is 9.59 Å². The van der Waals surface area contributed by atoms with E-state index in [-0.39, 0.29) is 42.5 Å². The normalized spacial score (nSPS) is 39.9. The van der Waals surface area contributed by atoms with Crippen LogP contribution in [0.5, 0.6) is 0 Å². The van der Waals surface area contributed by atoms with Gasteiger partial charge in [-0.3, -0.25) is 14.5 Å². The summed E-state index contributed by atoms with van der Waals surface area (Å²) in [7, 11) is 0. The third-order valence-corrected chi connectivity index (χ3v) is 3.54. The number of hydrogen-bond donors (Lipinski definition) is 1. The van der Waals surface area contributed by atoms with E-state index < -0.39 is 0 Å². The highest BCUT2D eigenvalue weighted by atomic mass is 16.5. The predicted octanol–water partition coefficient (Wildman–Crippen LogP) is -0.693. The van der Waals surface area contributed by atoms with Crippen LogP contribution in [-0.4, -0.2) is 47.2 Å². The van der Waals surface area contributed by atoms with Crippen molar-refractivity contribution in [1.29, 1.82) is 0 Å². The Hall–Kier alpha value is -1.20. The molecule has 3 rings (SSSR count). The molecule has 1 N–H and O–H groups in total. The summed E-state index contributed by atoms with van der Waals surface area (Å²) in [5, 5.41) is 8.73. The Labute approximate surface area is 92.7 Å². The molecule has 5 heteroatoms. The molecule has 0 aromatic rings. The van der Waals surface area contributed by atoms with Gasteiger partial charge in [-0.25, -0.2) is 0 Å². The van der Waals surface area contributed by atoms with Crippen molar-refractivity contribution in [2.24, 2.45) is 11.8 Å². The van der Waals surface area contributed by atoms with Gasteiger partial charge in [-0.15, -0.1) is 0 Å². The number of nitrogens with zero attached hydrogens (tertiary/aromatic N) is 1. The van der Waals surface area contributed by atoms with E-state index in [1.54, 1.807) is 0 Å². The lowest BCUT2D eigenvalue weighted by Gasteiger charge is -2.16. The fraction of sp³-hybridized carbons (Fsp3) is 0.636. The van der Waals surface area contributed by atoms with Gasteiger partial charge in [0, 0.05) is 13.2 Å². The van der Waals surface area contributed by atoms with Gasteiger partial charge in [0.15, 0.2) is 0 Å². The van der Waals surface area contributed by atoms with E-state index in [2.05, 4.69) is 0 Å². The van der Waals surface area contributed by atoms with E-state index in [1.807, 2.05) is 12.2 Å². The zero-order chi connectivity index (χ0) is 11.3. The van der Waals surface area contributed by atoms with Crippen LogP contribution < -0.4 is 0 Å². The van der Waals surface area contributed by atoms with Gasteiger partial charge in [0.1, 0.15) is 0 Å². The molecular weight excluding hydrogens is 210 g/mol. The van der Waals surface area contributed by atoms with Crippen molar-refractivity contribution in [2.45, 2.75) is 18.6 Å². The third-order valence-electron chi connectivity index (χ3n) is 3.54. The van der Waals surface area contributed by atoms with Crippen LogP contribution in [0.15, 0.2) is 12.2 Å². The van der Waals surface area contributed by atoms with Crippen LogP contribution in [0.1, 0.15) is 6.42 Å². The quantitative estimate of drug-likeness (QED) is 0.508. The number of hydrogen-bond acceptors (Lipinski definition) is 4. The maximum Gasteiger partial charge on any atom is 0.236 e. The van der Waals surface area contributed by atoms with Crippen LogP contribution in [0, 0.1) is 11.8 Å². The molecule has 0 spiro atoms. The van der Waals surface area contributed by atoms with Crippen LogP contribution in [0.2, 0.25) is 0 Å². The Bertz CT molecular complexity index is 348. The minimum Gasteiger partial charge on any atom is -0.396 e. The Morgan fingerprint density at radius 3 is 2.25 bits per heavy atom. The van der Waals surface area contributed by atoms with Gasteiger partial charge in [0.2, 0.25) is 11.8 Å². The zero-order valence-corrected chi connectivity index (χ0v) is 8.70. The van der Waals surface area contributed by atoms with Crippen LogP contribution in [0.3, 0.4) is 0 Å². The smallest absolute Gasteiger partial charge is 0.236 e. The summed E-state index contributed by atoms with van der Waals surface area (Å²) in [6.07, 6.45) is 3.75. The number of fused-ring (bicyclic) bond motifs is 5. The highest BCUT2D eigenvalue weighted by molar-refractivity contribution is 6.06. The summed E-state index contributed by atoms with van der Waals surface area (Å²) in [5.41, 5.74) is 0. The van der Waals surface area contributed by atoms with Crippen LogP contribution in [0.4, 0.5) is 0 Å². The second-order valence-electron chi connectivity index (χ2n) is 4.41. The first-order valence-corrected chi connectivity index (χ1v) is 5.54. The van der Waals surface area contributed by atoms with Crippen LogP contribution >= 0.6 is 0 Å². The molecule has 4 atom stereocenters. The van der Waals surface area contributed by atoms with Gasteiger partial charge in [-0.05, 0) is 6.42 Å². The summed E-state index contributed by atoms with van der Waals surface area (Å²) >= 11 is 0. The minimum absolute atomic E-state index is 0.00595. The molecule has 86 valence electrons. The summed E-state index contributed by atoms with van der Waals surface area (Å²) in [6.45, 7) is 0.314. The predicted molar refractivity (Wildman–Crippen MR) is 53.2 cm³/mol. The van der Waals surface area contributed by atoms with Crippen molar-refractivity contribution < 1.29 is 19.4 Å². The van der Waals surface area contributed by atoms with Gasteiger partial charge < -0.3 is 9.84 Å². The number of carbonyl (C=O) groups is 2. The fourth-order valence-corrected chi connectivity index (χ4v) is 2.81. The molecule has 2 bridgehead atoms. The molecule has 0 aromatic heterocycles. The molecule has 2 fully saturated rings. The van der Waals surface area contributed by atoms with Crippen molar-refractivity contribution in [1.82, 2.24) is 4.90 Å². The molecule has 0 radical (unpaired) electrons. The summed E-state index contributed by atoms with van der Waals surface area (Å²) < 4.78 is 5.50. The first kappa shape index (κ1) is 9.99. The Morgan fingerprint density at radius 2 is 1.75 bits per heavy atom. The van der Waals surface area contributed by atoms with Crippen molar-refractivity contribution >= 4 is 11.8 Å². The maximum absolute atomic E-state index is 12.0. The highest BCUT2D eigenvalue weighted by Crippen LogP contribution is 2.44. The van der Waals surface area contributed by atoms with Crippen molar-refractivity contribution in [3.8, 4) is 0 Å². The standard InChI is InChI=1S/C11H13NO4/c13-5-1-4-12-10(14)8-6-2-3-7(16-6)9(8)11(12)15/h2-3,6-9,13H,1,4-5H2/t6-,7+,8-,9+. The number of aliphatic hydroxyl groups excluding tert-OH is 1. The number of amides is 2. The zero-order valence-electron chi connectivity index (χ0n) is 8.70. The number of aliphatic hydroxyl groups is 1. The number of imide groups is 1. The molecule has 2 amide bonds. The molecule has 0 saturated carbocycles. The fourth-order valence-electron chi connectivity index (χ4n) is 2.81. The number of carbonyl (C=O) groups excluding carboxylic acids is 2. The van der Waals surface area contributed by atoms with Gasteiger partial charge in [-0.2, -0.15) is 0 Å². The van der Waals surface area contributed by atoms with Crippen molar-refractivity contribution in [2.75, 3.05) is 13.2 Å². The highest BCUT2D eigenvalue weighted by Gasteiger charge is 2.60. The lowest BCUT2D eigenvalue weighted by Crippen LogP contribution is -2.35. The Morgan fingerprint density at radius 1 is 1.19 bits per heavy atom. The molecule has 16 heavy (non-hydrogen) atoms. The Kier molecular flexibility index (Phi) is 2.12. The molecule has 5 nitrogen and oxygen atoms in total. The average Bonchev–Trinajstić information content (AvgIpc) is 2.92. The molecule has 3 aliphatic heterocycles. The summed E-state index contributed by atoms with van der Waals surface area (Å²) in [4.78, 5) is 25.3. The van der Waals surface area contributed by atoms with Crippen molar-refractivity contribution in [3.63, 3.8) is 0 Å². The SMILES string of the molecule is O=C1[C@@H]2[C@H](C(=O)N1CCCO)[C@H]1C=C[C@@H]2O1. The van der Waals surface area contributed by atoms with E-state index in [0.717, 1.165) is 0 Å². The first-order valence-electron chi connectivity index (χ1n) is 5.54. The van der Waals surface area contributed by atoms with Gasteiger partial charge in [0.25, 0.3) is 0 Å². The second-order valence-corrected chi connectivity index (χ2v) is 4.41. The van der Waals surface area contributed by atoms with E-state index in [0.29, 0.717) is 13.0 Å². The van der Waals surface area contributed by atoms with Crippen LogP contribution in [-0.2, 0) is 14.3 Å². The average molecular weight is 223 g/mol.